The van der Waals surface area contributed by atoms with E-state index in [0.29, 0.717) is 11.8 Å². The molecule has 1 atom stereocenters. The van der Waals surface area contributed by atoms with E-state index in [1.165, 1.54) is 16.8 Å². The Morgan fingerprint density at radius 3 is 2.53 bits per heavy atom. The van der Waals surface area contributed by atoms with Crippen LogP contribution in [-0.4, -0.2) is 13.1 Å². The van der Waals surface area contributed by atoms with Crippen molar-refractivity contribution in [2.24, 2.45) is 11.7 Å². The average molecular weight is 234 g/mol. The Bertz CT molecular complexity index is 345. The van der Waals surface area contributed by atoms with Crippen molar-refractivity contribution in [3.63, 3.8) is 0 Å². The zero-order chi connectivity index (χ0) is 12.8. The van der Waals surface area contributed by atoms with Crippen molar-refractivity contribution in [1.82, 2.24) is 0 Å². The van der Waals surface area contributed by atoms with Gasteiger partial charge in [0.05, 0.1) is 0 Å². The molecule has 17 heavy (non-hydrogen) atoms. The summed E-state index contributed by atoms with van der Waals surface area (Å²) >= 11 is 0. The van der Waals surface area contributed by atoms with Crippen LogP contribution in [0.5, 0.6) is 0 Å². The van der Waals surface area contributed by atoms with Gasteiger partial charge in [0.1, 0.15) is 0 Å². The zero-order valence-electron chi connectivity index (χ0n) is 11.6. The second-order valence-electron chi connectivity index (χ2n) is 5.26. The molecule has 3 N–H and O–H groups in total. The number of anilines is 1. The van der Waals surface area contributed by atoms with Crippen LogP contribution >= 0.6 is 0 Å². The van der Waals surface area contributed by atoms with Crippen molar-refractivity contribution >= 4 is 5.69 Å². The van der Waals surface area contributed by atoms with Gasteiger partial charge in [-0.1, -0.05) is 39.0 Å². The van der Waals surface area contributed by atoms with Gasteiger partial charge in [-0.05, 0) is 42.9 Å². The van der Waals surface area contributed by atoms with Gasteiger partial charge in [0.2, 0.25) is 0 Å². The SMILES string of the molecule is Cc1cccc(C(C)C)c1NCC(C)CCN. The molecule has 0 aliphatic heterocycles. The summed E-state index contributed by atoms with van der Waals surface area (Å²) in [4.78, 5) is 0. The Hall–Kier alpha value is -1.02. The van der Waals surface area contributed by atoms with Crippen LogP contribution in [0, 0.1) is 12.8 Å². The number of hydrogen-bond acceptors (Lipinski definition) is 2. The summed E-state index contributed by atoms with van der Waals surface area (Å²) < 4.78 is 0. The van der Waals surface area contributed by atoms with E-state index in [2.05, 4.69) is 51.2 Å². The number of rotatable bonds is 6. The second-order valence-corrected chi connectivity index (χ2v) is 5.26. The number of nitrogens with one attached hydrogen (secondary N) is 1. The molecule has 0 amide bonds. The fourth-order valence-electron chi connectivity index (χ4n) is 2.08. The van der Waals surface area contributed by atoms with E-state index in [1.54, 1.807) is 0 Å². The molecule has 0 heterocycles. The fraction of sp³-hybridized carbons (Fsp3) is 0.600. The lowest BCUT2D eigenvalue weighted by atomic mass is 9.97. The quantitative estimate of drug-likeness (QED) is 0.790. The Labute approximate surface area is 106 Å². The summed E-state index contributed by atoms with van der Waals surface area (Å²) in [6.07, 6.45) is 1.08. The van der Waals surface area contributed by atoms with Crippen LogP contribution in [0.2, 0.25) is 0 Å². The predicted molar refractivity (Wildman–Crippen MR) is 76.6 cm³/mol. The molecule has 0 fully saturated rings. The standard InChI is InChI=1S/C15H26N2/c1-11(2)14-7-5-6-13(4)15(14)17-10-12(3)8-9-16/h5-7,11-12,17H,8-10,16H2,1-4H3. The number of nitrogens with two attached hydrogens (primary N) is 1. The molecule has 0 spiro atoms. The Kier molecular flexibility index (Phi) is 5.49. The lowest BCUT2D eigenvalue weighted by molar-refractivity contribution is 0.568. The number of aryl methyl sites for hydroxylation is 1. The van der Waals surface area contributed by atoms with Gasteiger partial charge in [-0.3, -0.25) is 0 Å². The van der Waals surface area contributed by atoms with Crippen LogP contribution in [0.4, 0.5) is 5.69 Å². The highest BCUT2D eigenvalue weighted by atomic mass is 14.9. The molecular formula is C15H26N2. The van der Waals surface area contributed by atoms with Crippen molar-refractivity contribution in [3.05, 3.63) is 29.3 Å². The normalized spacial score (nSPS) is 12.8. The maximum Gasteiger partial charge on any atom is 0.0405 e. The van der Waals surface area contributed by atoms with Crippen molar-refractivity contribution in [3.8, 4) is 0 Å². The molecule has 0 aliphatic rings. The number of para-hydroxylation sites is 1. The van der Waals surface area contributed by atoms with Gasteiger partial charge in [0.25, 0.3) is 0 Å². The highest BCUT2D eigenvalue weighted by Gasteiger charge is 2.09. The molecule has 1 aromatic rings. The third-order valence-corrected chi connectivity index (χ3v) is 3.21. The maximum atomic E-state index is 5.58. The van der Waals surface area contributed by atoms with Gasteiger partial charge in [-0.15, -0.1) is 0 Å². The minimum atomic E-state index is 0.558. The van der Waals surface area contributed by atoms with Gasteiger partial charge >= 0.3 is 0 Å². The van der Waals surface area contributed by atoms with E-state index in [9.17, 15) is 0 Å². The molecule has 1 aromatic carbocycles. The minimum absolute atomic E-state index is 0.558. The van der Waals surface area contributed by atoms with Crippen LogP contribution in [0.15, 0.2) is 18.2 Å². The summed E-state index contributed by atoms with van der Waals surface area (Å²) in [5, 5.41) is 3.59. The first-order valence-corrected chi connectivity index (χ1v) is 6.59. The highest BCUT2D eigenvalue weighted by Crippen LogP contribution is 2.27. The molecule has 2 heteroatoms. The van der Waals surface area contributed by atoms with E-state index < -0.39 is 0 Å². The van der Waals surface area contributed by atoms with Gasteiger partial charge in [0, 0.05) is 12.2 Å². The van der Waals surface area contributed by atoms with E-state index in [1.807, 2.05) is 0 Å². The summed E-state index contributed by atoms with van der Waals surface area (Å²) in [6, 6.07) is 6.52. The van der Waals surface area contributed by atoms with E-state index >= 15 is 0 Å². The monoisotopic (exact) mass is 234 g/mol. The van der Waals surface area contributed by atoms with Crippen LogP contribution < -0.4 is 11.1 Å². The summed E-state index contributed by atoms with van der Waals surface area (Å²) in [7, 11) is 0. The Balaban J connectivity index is 2.75. The molecule has 0 saturated heterocycles. The van der Waals surface area contributed by atoms with Crippen LogP contribution in [0.3, 0.4) is 0 Å². The van der Waals surface area contributed by atoms with Crippen LogP contribution in [-0.2, 0) is 0 Å². The molecule has 96 valence electrons. The molecule has 2 nitrogen and oxygen atoms in total. The molecule has 0 saturated carbocycles. The van der Waals surface area contributed by atoms with Gasteiger partial charge in [-0.2, -0.15) is 0 Å². The molecule has 0 bridgehead atoms. The van der Waals surface area contributed by atoms with Crippen molar-refractivity contribution in [2.75, 3.05) is 18.4 Å². The average Bonchev–Trinajstić information content (AvgIpc) is 2.27. The molecule has 0 aromatic heterocycles. The lowest BCUT2D eigenvalue weighted by Gasteiger charge is -2.19. The van der Waals surface area contributed by atoms with Gasteiger partial charge in [0.15, 0.2) is 0 Å². The summed E-state index contributed by atoms with van der Waals surface area (Å²) in [5.74, 6) is 1.18. The van der Waals surface area contributed by atoms with E-state index in [0.717, 1.165) is 19.5 Å². The second kappa shape index (κ2) is 6.65. The first kappa shape index (κ1) is 14.0. The molecule has 0 radical (unpaired) electrons. The maximum absolute atomic E-state index is 5.58. The molecule has 0 aliphatic carbocycles. The van der Waals surface area contributed by atoms with E-state index in [4.69, 9.17) is 5.73 Å². The zero-order valence-corrected chi connectivity index (χ0v) is 11.6. The largest absolute Gasteiger partial charge is 0.384 e. The minimum Gasteiger partial charge on any atom is -0.384 e. The fourth-order valence-corrected chi connectivity index (χ4v) is 2.08. The van der Waals surface area contributed by atoms with E-state index in [-0.39, 0.29) is 0 Å². The Morgan fingerprint density at radius 1 is 1.24 bits per heavy atom. The number of hydrogen-bond donors (Lipinski definition) is 2. The highest BCUT2D eigenvalue weighted by molar-refractivity contribution is 5.58. The predicted octanol–water partition coefficient (Wildman–Crippen LogP) is 3.52. The molecule has 1 rings (SSSR count). The topological polar surface area (TPSA) is 38.0 Å². The van der Waals surface area contributed by atoms with Crippen molar-refractivity contribution in [1.29, 1.82) is 0 Å². The van der Waals surface area contributed by atoms with Gasteiger partial charge in [-0.25, -0.2) is 0 Å². The lowest BCUT2D eigenvalue weighted by Crippen LogP contribution is -2.16. The first-order valence-electron chi connectivity index (χ1n) is 6.59. The summed E-state index contributed by atoms with van der Waals surface area (Å²) in [6.45, 7) is 10.7. The third kappa shape index (κ3) is 4.04. The first-order chi connectivity index (χ1) is 8.06. The molecular weight excluding hydrogens is 208 g/mol. The van der Waals surface area contributed by atoms with Gasteiger partial charge < -0.3 is 11.1 Å². The third-order valence-electron chi connectivity index (χ3n) is 3.21. The molecule has 1 unspecified atom stereocenters. The number of benzene rings is 1. The Morgan fingerprint density at radius 2 is 1.94 bits per heavy atom. The van der Waals surface area contributed by atoms with Crippen LogP contribution in [0.1, 0.15) is 44.2 Å². The van der Waals surface area contributed by atoms with Crippen molar-refractivity contribution < 1.29 is 0 Å². The van der Waals surface area contributed by atoms with Crippen molar-refractivity contribution in [2.45, 2.75) is 40.0 Å². The smallest absolute Gasteiger partial charge is 0.0405 e. The summed E-state index contributed by atoms with van der Waals surface area (Å²) in [5.41, 5.74) is 9.63. The van der Waals surface area contributed by atoms with Crippen LogP contribution in [0.25, 0.3) is 0 Å².